The molecule has 3 heterocycles. The number of nitrogens with zero attached hydrogens (tertiary/aromatic N) is 2. The second kappa shape index (κ2) is 9.76. The minimum atomic E-state index is -1.57. The lowest BCUT2D eigenvalue weighted by Gasteiger charge is -2.37. The predicted octanol–water partition coefficient (Wildman–Crippen LogP) is 4.61. The van der Waals surface area contributed by atoms with Crippen molar-refractivity contribution in [1.82, 2.24) is 4.90 Å². The van der Waals surface area contributed by atoms with Crippen LogP contribution in [0.25, 0.3) is 0 Å². The van der Waals surface area contributed by atoms with E-state index in [-0.39, 0.29) is 11.8 Å². The first kappa shape index (κ1) is 25.0. The molecule has 196 valence electrons. The normalized spacial score (nSPS) is 20.3. The number of carbonyl (C=O) groups excluding carboxylic acids is 2. The van der Waals surface area contributed by atoms with Crippen LogP contribution < -0.4 is 4.90 Å². The van der Waals surface area contributed by atoms with Gasteiger partial charge in [0.1, 0.15) is 0 Å². The molecule has 0 saturated carbocycles. The number of hydrogen-bond acceptors (Lipinski definition) is 5. The molecule has 0 bridgehead atoms. The topological polar surface area (TPSA) is 76.2 Å². The second-order valence-electron chi connectivity index (χ2n) is 10.2. The standard InChI is InChI=1S/C30H30N2O5S/c1-20-7-8-21(2)23(17-20)19-32-25-18-22(28(33)31-13-11-30(12-14-31)36-15-16-37-30)9-10-27(25)38(35)26-6-4-3-5-24(26)29(32)34/h3-10,17-18H,11-16,19H2,1-2H3. The van der Waals surface area contributed by atoms with Crippen LogP contribution in [0.1, 0.15) is 50.2 Å². The Morgan fingerprint density at radius 2 is 1.68 bits per heavy atom. The Balaban J connectivity index is 1.38. The number of anilines is 1. The summed E-state index contributed by atoms with van der Waals surface area (Å²) in [6, 6.07) is 18.4. The molecule has 0 N–H and O–H groups in total. The highest BCUT2D eigenvalue weighted by atomic mass is 32.2. The summed E-state index contributed by atoms with van der Waals surface area (Å²) in [4.78, 5) is 32.0. The van der Waals surface area contributed by atoms with Crippen molar-refractivity contribution in [1.29, 1.82) is 0 Å². The van der Waals surface area contributed by atoms with Crippen LogP contribution in [0.2, 0.25) is 0 Å². The van der Waals surface area contributed by atoms with Gasteiger partial charge in [0, 0.05) is 31.5 Å². The maximum absolute atomic E-state index is 13.9. The molecule has 3 aromatic rings. The summed E-state index contributed by atoms with van der Waals surface area (Å²) in [5.41, 5.74) is 4.55. The summed E-state index contributed by atoms with van der Waals surface area (Å²) in [7, 11) is -1.57. The zero-order valence-corrected chi connectivity index (χ0v) is 22.4. The van der Waals surface area contributed by atoms with Crippen molar-refractivity contribution >= 4 is 28.3 Å². The van der Waals surface area contributed by atoms with E-state index < -0.39 is 16.6 Å². The molecule has 3 aromatic carbocycles. The van der Waals surface area contributed by atoms with Crippen molar-refractivity contribution < 1.29 is 23.3 Å². The smallest absolute Gasteiger partial charge is 0.259 e. The van der Waals surface area contributed by atoms with Crippen molar-refractivity contribution in [2.75, 3.05) is 31.2 Å². The maximum Gasteiger partial charge on any atom is 0.259 e. The van der Waals surface area contributed by atoms with Gasteiger partial charge >= 0.3 is 0 Å². The number of benzene rings is 3. The number of likely N-dealkylation sites (tertiary alicyclic amines) is 1. The van der Waals surface area contributed by atoms with E-state index in [9.17, 15) is 13.8 Å². The van der Waals surface area contributed by atoms with E-state index in [1.54, 1.807) is 52.3 Å². The number of aryl methyl sites for hydroxylation is 2. The van der Waals surface area contributed by atoms with Gasteiger partial charge in [-0.25, -0.2) is 4.21 Å². The SMILES string of the molecule is Cc1ccc(C)c(CN2C(=O)c3ccccc3S(=O)c3ccc(C(=O)N4CCC5(CC4)OCCO5)cc32)c1. The number of rotatable bonds is 3. The molecular formula is C30H30N2O5S. The largest absolute Gasteiger partial charge is 0.347 e. The fourth-order valence-electron chi connectivity index (χ4n) is 5.51. The van der Waals surface area contributed by atoms with Gasteiger partial charge in [-0.3, -0.25) is 9.59 Å². The Labute approximate surface area is 224 Å². The Kier molecular flexibility index (Phi) is 6.42. The lowest BCUT2D eigenvalue weighted by atomic mass is 10.0. The Bertz CT molecular complexity index is 1450. The molecule has 3 aliphatic rings. The molecule has 1 spiro atoms. The number of amides is 2. The third-order valence-corrected chi connectivity index (χ3v) is 9.22. The van der Waals surface area contributed by atoms with Crippen LogP contribution in [-0.4, -0.2) is 53.0 Å². The van der Waals surface area contributed by atoms with Crippen molar-refractivity contribution in [2.24, 2.45) is 0 Å². The summed E-state index contributed by atoms with van der Waals surface area (Å²) in [6.07, 6.45) is 1.25. The van der Waals surface area contributed by atoms with Gasteiger partial charge < -0.3 is 19.3 Å². The quantitative estimate of drug-likeness (QED) is 0.494. The van der Waals surface area contributed by atoms with Crippen LogP contribution in [0.15, 0.2) is 70.5 Å². The number of ether oxygens (including phenoxy) is 2. The summed E-state index contributed by atoms with van der Waals surface area (Å²) in [5.74, 6) is -0.914. The molecule has 6 rings (SSSR count). The highest BCUT2D eigenvalue weighted by Crippen LogP contribution is 2.37. The molecule has 0 aliphatic carbocycles. The summed E-state index contributed by atoms with van der Waals surface area (Å²) in [5, 5.41) is 0. The molecular weight excluding hydrogens is 500 g/mol. The van der Waals surface area contributed by atoms with Gasteiger partial charge in [-0.15, -0.1) is 0 Å². The molecule has 2 fully saturated rings. The van der Waals surface area contributed by atoms with Crippen molar-refractivity contribution in [2.45, 2.75) is 48.8 Å². The van der Waals surface area contributed by atoms with Crippen LogP contribution in [0.4, 0.5) is 5.69 Å². The van der Waals surface area contributed by atoms with Gasteiger partial charge in [0.15, 0.2) is 5.79 Å². The van der Waals surface area contributed by atoms with Gasteiger partial charge in [0.25, 0.3) is 11.8 Å². The lowest BCUT2D eigenvalue weighted by molar-refractivity contribution is -0.181. The van der Waals surface area contributed by atoms with Gasteiger partial charge in [0.2, 0.25) is 0 Å². The molecule has 2 amide bonds. The third kappa shape index (κ3) is 4.36. The lowest BCUT2D eigenvalue weighted by Crippen LogP contribution is -2.47. The van der Waals surface area contributed by atoms with Crippen LogP contribution in [-0.2, 0) is 26.8 Å². The molecule has 0 radical (unpaired) electrons. The average molecular weight is 531 g/mol. The fraction of sp³-hybridized carbons (Fsp3) is 0.333. The number of hydrogen-bond donors (Lipinski definition) is 0. The molecule has 8 heteroatoms. The average Bonchev–Trinajstić information content (AvgIpc) is 3.37. The van der Waals surface area contributed by atoms with E-state index in [1.165, 1.54) is 0 Å². The van der Waals surface area contributed by atoms with Gasteiger partial charge in [-0.05, 0) is 55.3 Å². The zero-order chi connectivity index (χ0) is 26.4. The predicted molar refractivity (Wildman–Crippen MR) is 144 cm³/mol. The molecule has 0 aromatic heterocycles. The molecule has 1 atom stereocenters. The van der Waals surface area contributed by atoms with Gasteiger partial charge in [0.05, 0.1) is 51.6 Å². The molecule has 3 aliphatic heterocycles. The summed E-state index contributed by atoms with van der Waals surface area (Å²) >= 11 is 0. The monoisotopic (exact) mass is 530 g/mol. The Morgan fingerprint density at radius 1 is 0.947 bits per heavy atom. The van der Waals surface area contributed by atoms with Crippen LogP contribution in [0.3, 0.4) is 0 Å². The highest BCUT2D eigenvalue weighted by Gasteiger charge is 2.41. The van der Waals surface area contributed by atoms with Crippen molar-refractivity contribution in [3.63, 3.8) is 0 Å². The second-order valence-corrected chi connectivity index (χ2v) is 11.6. The number of piperidine rings is 1. The molecule has 2 saturated heterocycles. The third-order valence-electron chi connectivity index (χ3n) is 7.72. The van der Waals surface area contributed by atoms with Gasteiger partial charge in [-0.1, -0.05) is 35.9 Å². The molecule has 1 unspecified atom stereocenters. The highest BCUT2D eigenvalue weighted by molar-refractivity contribution is 7.85. The Morgan fingerprint density at radius 3 is 2.45 bits per heavy atom. The first-order valence-electron chi connectivity index (χ1n) is 13.0. The van der Waals surface area contributed by atoms with E-state index in [1.807, 2.05) is 26.0 Å². The van der Waals surface area contributed by atoms with Gasteiger partial charge in [-0.2, -0.15) is 0 Å². The minimum absolute atomic E-state index is 0.118. The summed E-state index contributed by atoms with van der Waals surface area (Å²) < 4.78 is 25.3. The Hall–Kier alpha value is -3.33. The van der Waals surface area contributed by atoms with E-state index in [0.29, 0.717) is 72.3 Å². The number of fused-ring (bicyclic) bond motifs is 2. The maximum atomic E-state index is 13.9. The van der Waals surface area contributed by atoms with Crippen molar-refractivity contribution in [3.8, 4) is 0 Å². The first-order valence-corrected chi connectivity index (χ1v) is 14.1. The fourth-order valence-corrected chi connectivity index (χ4v) is 6.86. The van der Waals surface area contributed by atoms with Crippen molar-refractivity contribution in [3.05, 3.63) is 88.5 Å². The van der Waals surface area contributed by atoms with E-state index >= 15 is 0 Å². The zero-order valence-electron chi connectivity index (χ0n) is 21.6. The van der Waals surface area contributed by atoms with Crippen LogP contribution in [0, 0.1) is 13.8 Å². The van der Waals surface area contributed by atoms with Crippen LogP contribution in [0.5, 0.6) is 0 Å². The first-order chi connectivity index (χ1) is 18.3. The summed E-state index contributed by atoms with van der Waals surface area (Å²) in [6.45, 7) is 6.57. The van der Waals surface area contributed by atoms with Crippen LogP contribution >= 0.6 is 0 Å². The molecule has 38 heavy (non-hydrogen) atoms. The van der Waals surface area contributed by atoms with E-state index in [0.717, 1.165) is 16.7 Å². The van der Waals surface area contributed by atoms with E-state index in [4.69, 9.17) is 9.47 Å². The minimum Gasteiger partial charge on any atom is -0.347 e. The molecule has 7 nitrogen and oxygen atoms in total. The van der Waals surface area contributed by atoms with E-state index in [2.05, 4.69) is 6.07 Å². The number of carbonyl (C=O) groups is 2.